The molecule has 0 rings (SSSR count). The van der Waals surface area contributed by atoms with Crippen molar-refractivity contribution in [2.24, 2.45) is 0 Å². The summed E-state index contributed by atoms with van der Waals surface area (Å²) in [7, 11) is 1.31. The molecule has 0 bridgehead atoms. The quantitative estimate of drug-likeness (QED) is 0.0272. The number of allylic oxidation sites excluding steroid dienone is 4. The highest BCUT2D eigenvalue weighted by Gasteiger charge is 2.24. The van der Waals surface area contributed by atoms with E-state index < -0.39 is 20.0 Å². The summed E-state index contributed by atoms with van der Waals surface area (Å²) < 4.78 is 23.4. The predicted octanol–water partition coefficient (Wildman–Crippen LogP) is 16.6. The van der Waals surface area contributed by atoms with Gasteiger partial charge >= 0.3 is 0 Å². The van der Waals surface area contributed by atoms with Gasteiger partial charge in [-0.05, 0) is 44.9 Å². The van der Waals surface area contributed by atoms with Crippen LogP contribution in [-0.4, -0.2) is 68.5 Å². The second kappa shape index (κ2) is 49.0. The van der Waals surface area contributed by atoms with Crippen molar-refractivity contribution in [3.05, 3.63) is 24.3 Å². The second-order valence-corrected chi connectivity index (χ2v) is 22.4. The summed E-state index contributed by atoms with van der Waals surface area (Å²) in [5.74, 6) is -0.166. The number of nitrogens with zero attached hydrogens (tertiary/aromatic N) is 1. The van der Waals surface area contributed by atoms with Gasteiger partial charge in [0.15, 0.2) is 0 Å². The highest BCUT2D eigenvalue weighted by Crippen LogP contribution is 2.38. The zero-order valence-corrected chi connectivity index (χ0v) is 45.6. The van der Waals surface area contributed by atoms with Gasteiger partial charge in [0, 0.05) is 6.42 Å². The number of rotatable bonds is 53. The van der Waals surface area contributed by atoms with Crippen LogP contribution in [0.1, 0.15) is 284 Å². The van der Waals surface area contributed by atoms with E-state index in [1.165, 1.54) is 212 Å². The molecule has 0 aromatic heterocycles. The van der Waals surface area contributed by atoms with Crippen LogP contribution in [-0.2, 0) is 18.4 Å². The van der Waals surface area contributed by atoms with E-state index in [1.807, 2.05) is 21.1 Å². The molecule has 1 amide bonds. The number of hydrogen-bond donors (Lipinski definition) is 2. The molecule has 0 aliphatic carbocycles. The molecule has 0 saturated heterocycles. The summed E-state index contributed by atoms with van der Waals surface area (Å²) in [6.45, 7) is 4.73. The molecule has 66 heavy (non-hydrogen) atoms. The highest BCUT2D eigenvalue weighted by molar-refractivity contribution is 7.45. The van der Waals surface area contributed by atoms with Crippen LogP contribution < -0.4 is 10.2 Å². The predicted molar refractivity (Wildman–Crippen MR) is 284 cm³/mol. The van der Waals surface area contributed by atoms with Crippen molar-refractivity contribution in [1.29, 1.82) is 0 Å². The summed E-state index contributed by atoms with van der Waals surface area (Å²) in [6, 6.07) is -0.802. The summed E-state index contributed by atoms with van der Waals surface area (Å²) in [6.07, 6.45) is 60.6. The molecule has 0 radical (unpaired) electrons. The number of unbranched alkanes of at least 4 members (excludes halogenated alkanes) is 36. The Balaban J connectivity index is 4.15. The van der Waals surface area contributed by atoms with Crippen LogP contribution in [0.15, 0.2) is 24.3 Å². The minimum Gasteiger partial charge on any atom is -0.756 e. The first-order valence-electron chi connectivity index (χ1n) is 28.7. The number of nitrogens with one attached hydrogen (secondary N) is 1. The first-order chi connectivity index (χ1) is 32.0. The molecule has 0 saturated carbocycles. The number of carbonyl (C=O) groups is 1. The number of hydrogen-bond acceptors (Lipinski definition) is 6. The van der Waals surface area contributed by atoms with Crippen molar-refractivity contribution in [2.75, 3.05) is 40.9 Å². The average Bonchev–Trinajstić information content (AvgIpc) is 3.28. The molecule has 2 N–H and O–H groups in total. The van der Waals surface area contributed by atoms with E-state index in [-0.39, 0.29) is 19.1 Å². The Hall–Kier alpha value is -1.02. The van der Waals surface area contributed by atoms with E-state index in [1.54, 1.807) is 0 Å². The van der Waals surface area contributed by atoms with Crippen molar-refractivity contribution in [3.63, 3.8) is 0 Å². The van der Waals surface area contributed by atoms with Crippen LogP contribution in [0.4, 0.5) is 0 Å². The van der Waals surface area contributed by atoms with Crippen LogP contribution in [0.3, 0.4) is 0 Å². The second-order valence-electron chi connectivity index (χ2n) is 21.0. The molecule has 0 heterocycles. The summed E-state index contributed by atoms with van der Waals surface area (Å²) in [5.41, 5.74) is 0. The zero-order chi connectivity index (χ0) is 48.5. The normalized spacial score (nSPS) is 14.1. The van der Waals surface area contributed by atoms with Gasteiger partial charge in [-0.3, -0.25) is 9.36 Å². The molecule has 0 spiro atoms. The van der Waals surface area contributed by atoms with Gasteiger partial charge in [0.2, 0.25) is 5.91 Å². The molecule has 8 nitrogen and oxygen atoms in total. The van der Waals surface area contributed by atoms with Crippen molar-refractivity contribution in [3.8, 4) is 0 Å². The number of amides is 1. The fraction of sp³-hybridized carbons (Fsp3) is 0.912. The van der Waals surface area contributed by atoms with E-state index in [2.05, 4.69) is 43.5 Å². The highest BCUT2D eigenvalue weighted by atomic mass is 31.2. The van der Waals surface area contributed by atoms with Gasteiger partial charge in [-0.25, -0.2) is 0 Å². The third-order valence-electron chi connectivity index (χ3n) is 13.2. The van der Waals surface area contributed by atoms with Crippen molar-refractivity contribution in [1.82, 2.24) is 5.32 Å². The number of likely N-dealkylation sites (N-methyl/N-ethyl adjacent to an activating group) is 1. The van der Waals surface area contributed by atoms with Crippen molar-refractivity contribution in [2.45, 2.75) is 296 Å². The molecule has 0 aliphatic rings. The Morgan fingerprint density at radius 3 is 1.29 bits per heavy atom. The molecule has 3 atom stereocenters. The monoisotopic (exact) mass is 953 g/mol. The molecular weight excluding hydrogens is 840 g/mol. The molecular formula is C57H113N2O6P. The van der Waals surface area contributed by atoms with Gasteiger partial charge in [0.1, 0.15) is 13.2 Å². The van der Waals surface area contributed by atoms with E-state index in [0.717, 1.165) is 44.9 Å². The third-order valence-corrected chi connectivity index (χ3v) is 14.2. The van der Waals surface area contributed by atoms with Gasteiger partial charge < -0.3 is 28.8 Å². The topological polar surface area (TPSA) is 108 Å². The fourth-order valence-electron chi connectivity index (χ4n) is 8.66. The van der Waals surface area contributed by atoms with Crippen LogP contribution in [0, 0.1) is 0 Å². The van der Waals surface area contributed by atoms with Crippen LogP contribution >= 0.6 is 7.82 Å². The standard InChI is InChI=1S/C57H113N2O6P/c1-6-8-10-12-14-16-18-20-22-24-26-27-28-29-30-31-33-34-36-38-40-42-44-46-48-50-56(60)55(54-65-66(62,63)64-53-52-59(3,4)5)58-57(61)51-49-47-45-43-41-39-37-35-32-25-23-21-19-17-15-13-11-9-7-2/h15,17,21,23,55-56,60H,6-14,16,18-20,22,24-54H2,1-5H3,(H-,58,61,62,63)/b17-15-,23-21-. The summed E-state index contributed by atoms with van der Waals surface area (Å²) in [5, 5.41) is 14.0. The van der Waals surface area contributed by atoms with Gasteiger partial charge in [0.25, 0.3) is 7.82 Å². The van der Waals surface area contributed by atoms with E-state index in [4.69, 9.17) is 9.05 Å². The smallest absolute Gasteiger partial charge is 0.268 e. The first kappa shape index (κ1) is 65.0. The fourth-order valence-corrected chi connectivity index (χ4v) is 9.38. The molecule has 0 aromatic carbocycles. The molecule has 0 fully saturated rings. The lowest BCUT2D eigenvalue weighted by Crippen LogP contribution is -2.46. The molecule has 3 unspecified atom stereocenters. The van der Waals surface area contributed by atoms with Crippen LogP contribution in [0.5, 0.6) is 0 Å². The zero-order valence-electron chi connectivity index (χ0n) is 44.7. The largest absolute Gasteiger partial charge is 0.756 e. The minimum absolute atomic E-state index is 0.0125. The van der Waals surface area contributed by atoms with E-state index in [9.17, 15) is 19.4 Å². The maximum Gasteiger partial charge on any atom is 0.268 e. The van der Waals surface area contributed by atoms with Crippen LogP contribution in [0.2, 0.25) is 0 Å². The summed E-state index contributed by atoms with van der Waals surface area (Å²) >= 11 is 0. The molecule has 0 aromatic rings. The maximum atomic E-state index is 13.0. The van der Waals surface area contributed by atoms with E-state index >= 15 is 0 Å². The Morgan fingerprint density at radius 2 is 0.879 bits per heavy atom. The lowest BCUT2D eigenvalue weighted by molar-refractivity contribution is -0.870. The Morgan fingerprint density at radius 1 is 0.530 bits per heavy atom. The van der Waals surface area contributed by atoms with Crippen molar-refractivity contribution >= 4 is 13.7 Å². The molecule has 0 aliphatic heterocycles. The van der Waals surface area contributed by atoms with Crippen molar-refractivity contribution < 1.29 is 32.9 Å². The number of aliphatic hydroxyl groups is 1. The number of phosphoric acid groups is 1. The van der Waals surface area contributed by atoms with Crippen LogP contribution in [0.25, 0.3) is 0 Å². The summed E-state index contributed by atoms with van der Waals surface area (Å²) in [4.78, 5) is 25.5. The lowest BCUT2D eigenvalue weighted by Gasteiger charge is -2.30. The Bertz CT molecular complexity index is 1130. The van der Waals surface area contributed by atoms with E-state index in [0.29, 0.717) is 23.9 Å². The first-order valence-corrected chi connectivity index (χ1v) is 30.1. The number of quaternary nitrogens is 1. The number of phosphoric ester groups is 1. The van der Waals surface area contributed by atoms with Gasteiger partial charge in [-0.1, -0.05) is 256 Å². The Labute approximate surface area is 411 Å². The van der Waals surface area contributed by atoms with Gasteiger partial charge in [-0.15, -0.1) is 0 Å². The Kier molecular flexibility index (Phi) is 48.2. The maximum absolute atomic E-state index is 13.0. The average molecular weight is 954 g/mol. The van der Waals surface area contributed by atoms with Gasteiger partial charge in [0.05, 0.1) is 39.9 Å². The molecule has 9 heteroatoms. The number of carbonyl (C=O) groups excluding carboxylic acids is 1. The minimum atomic E-state index is -4.57. The molecule has 392 valence electrons. The number of aliphatic hydroxyl groups excluding tert-OH is 1. The SMILES string of the molecule is CCCCC/C=C\C/C=C\CCCCCCCCCCCC(=O)NC(COP(=O)([O-])OCC[N+](C)(C)C)C(O)CCCCCCCCCCCCCCCCCCCCCCCCCCC. The third kappa shape index (κ3) is 50.8. The lowest BCUT2D eigenvalue weighted by atomic mass is 10.0. The van der Waals surface area contributed by atoms with Gasteiger partial charge in [-0.2, -0.15) is 0 Å².